The van der Waals surface area contributed by atoms with Gasteiger partial charge in [0.15, 0.2) is 0 Å². The quantitative estimate of drug-likeness (QED) is 0.634. The highest BCUT2D eigenvalue weighted by Gasteiger charge is 2.23. The van der Waals surface area contributed by atoms with Crippen LogP contribution in [0.25, 0.3) is 0 Å². The molecule has 0 saturated carbocycles. The van der Waals surface area contributed by atoms with Crippen molar-refractivity contribution in [1.82, 2.24) is 4.90 Å². The number of nitrogens with zero attached hydrogens (tertiary/aromatic N) is 1. The molecule has 1 aliphatic heterocycles. The van der Waals surface area contributed by atoms with Gasteiger partial charge in [0.05, 0.1) is 10.5 Å². The summed E-state index contributed by atoms with van der Waals surface area (Å²) in [5.74, 6) is -0.121. The summed E-state index contributed by atoms with van der Waals surface area (Å²) in [4.78, 5) is 14.9. The number of hydrogen-bond acceptors (Lipinski definition) is 4. The molecule has 1 aromatic rings. The molecular weight excluding hydrogens is 306 g/mol. The maximum absolute atomic E-state index is 12.4. The van der Waals surface area contributed by atoms with Gasteiger partial charge in [0.2, 0.25) is 0 Å². The monoisotopic (exact) mass is 319 g/mol. The van der Waals surface area contributed by atoms with Gasteiger partial charge in [-0.05, 0) is 37.3 Å². The molecule has 1 amide bonds. The fraction of sp³-hybridized carbons (Fsp3) is 0.417. The van der Waals surface area contributed by atoms with Crippen molar-refractivity contribution in [3.63, 3.8) is 0 Å². The molecular formula is C12H14ClNO3S2. The third-order valence-electron chi connectivity index (χ3n) is 3.08. The first-order valence-electron chi connectivity index (χ1n) is 5.85. The van der Waals surface area contributed by atoms with Gasteiger partial charge >= 0.3 is 0 Å². The molecule has 7 heteroatoms. The largest absolute Gasteiger partial charge is 0.339 e. The van der Waals surface area contributed by atoms with Gasteiger partial charge in [-0.1, -0.05) is 0 Å². The highest BCUT2D eigenvalue weighted by molar-refractivity contribution is 8.13. The Kier molecular flexibility index (Phi) is 4.43. The first-order valence-corrected chi connectivity index (χ1v) is 9.39. The maximum Gasteiger partial charge on any atom is 0.261 e. The van der Waals surface area contributed by atoms with Crippen LogP contribution in [0.2, 0.25) is 0 Å². The molecule has 1 aromatic carbocycles. The Bertz CT molecular complexity index is 595. The van der Waals surface area contributed by atoms with Crippen molar-refractivity contribution < 1.29 is 13.2 Å². The summed E-state index contributed by atoms with van der Waals surface area (Å²) >= 11 is 1.42. The van der Waals surface area contributed by atoms with Crippen LogP contribution < -0.4 is 0 Å². The molecule has 0 unspecified atom stereocenters. The highest BCUT2D eigenvalue weighted by Crippen LogP contribution is 2.27. The molecule has 1 aliphatic rings. The number of likely N-dealkylation sites (tertiary alicyclic amines) is 1. The van der Waals surface area contributed by atoms with Crippen LogP contribution in [0.4, 0.5) is 0 Å². The molecule has 104 valence electrons. The summed E-state index contributed by atoms with van der Waals surface area (Å²) in [6.07, 6.45) is 3.84. The fourth-order valence-electron chi connectivity index (χ4n) is 2.10. The van der Waals surface area contributed by atoms with E-state index in [9.17, 15) is 13.2 Å². The Balaban J connectivity index is 2.44. The zero-order valence-electron chi connectivity index (χ0n) is 10.4. The van der Waals surface area contributed by atoms with Crippen molar-refractivity contribution in [2.24, 2.45) is 0 Å². The number of thioether (sulfide) groups is 1. The van der Waals surface area contributed by atoms with E-state index >= 15 is 0 Å². The molecule has 4 nitrogen and oxygen atoms in total. The first kappa shape index (κ1) is 14.7. The van der Waals surface area contributed by atoms with E-state index in [1.165, 1.54) is 23.9 Å². The van der Waals surface area contributed by atoms with Gasteiger partial charge in [-0.3, -0.25) is 4.79 Å². The third kappa shape index (κ3) is 3.24. The normalized spacial score (nSPS) is 15.8. The second kappa shape index (κ2) is 5.73. The van der Waals surface area contributed by atoms with Crippen molar-refractivity contribution in [2.75, 3.05) is 19.3 Å². The second-order valence-electron chi connectivity index (χ2n) is 4.30. The average molecular weight is 320 g/mol. The minimum atomic E-state index is -3.82. The summed E-state index contributed by atoms with van der Waals surface area (Å²) < 4.78 is 22.7. The summed E-state index contributed by atoms with van der Waals surface area (Å²) in [5.41, 5.74) is 0.413. The van der Waals surface area contributed by atoms with Gasteiger partial charge in [0.1, 0.15) is 0 Å². The fourth-order valence-corrected chi connectivity index (χ4v) is 3.44. The van der Waals surface area contributed by atoms with Gasteiger partial charge in [-0.2, -0.15) is 0 Å². The van der Waals surface area contributed by atoms with Crippen molar-refractivity contribution in [3.05, 3.63) is 23.8 Å². The van der Waals surface area contributed by atoms with Crippen molar-refractivity contribution in [1.29, 1.82) is 0 Å². The lowest BCUT2D eigenvalue weighted by atomic mass is 10.2. The van der Waals surface area contributed by atoms with E-state index in [4.69, 9.17) is 10.7 Å². The molecule has 0 aliphatic carbocycles. The molecule has 0 N–H and O–H groups in total. The van der Waals surface area contributed by atoms with E-state index in [-0.39, 0.29) is 10.8 Å². The SMILES string of the molecule is CSc1ccc(S(=O)(=O)Cl)cc1C(=O)N1CCCC1. The number of carbonyl (C=O) groups excluding carboxylic acids is 1. The van der Waals surface area contributed by atoms with Crippen molar-refractivity contribution >= 4 is 37.4 Å². The number of carbonyl (C=O) groups is 1. The lowest BCUT2D eigenvalue weighted by Gasteiger charge is -2.17. The number of amides is 1. The summed E-state index contributed by atoms with van der Waals surface area (Å²) in [5, 5.41) is 0. The predicted octanol–water partition coefficient (Wildman–Crippen LogP) is 2.57. The second-order valence-corrected chi connectivity index (χ2v) is 7.71. The molecule has 1 saturated heterocycles. The Hall–Kier alpha value is -0.720. The lowest BCUT2D eigenvalue weighted by molar-refractivity contribution is 0.0789. The standard InChI is InChI=1S/C12H14ClNO3S2/c1-18-11-5-4-9(19(13,16)17)8-10(11)12(15)14-6-2-3-7-14/h4-5,8H,2-3,6-7H2,1H3. The molecule has 0 radical (unpaired) electrons. The van der Waals surface area contributed by atoms with Gasteiger partial charge in [-0.15, -0.1) is 11.8 Å². The number of halogens is 1. The van der Waals surface area contributed by atoms with Crippen LogP contribution in [0, 0.1) is 0 Å². The average Bonchev–Trinajstić information content (AvgIpc) is 2.90. The zero-order valence-corrected chi connectivity index (χ0v) is 12.8. The summed E-state index contributed by atoms with van der Waals surface area (Å²) in [6.45, 7) is 1.45. The van der Waals surface area contributed by atoms with Gasteiger partial charge in [0, 0.05) is 28.7 Å². The lowest BCUT2D eigenvalue weighted by Crippen LogP contribution is -2.28. The summed E-state index contributed by atoms with van der Waals surface area (Å²) in [7, 11) is 1.52. The van der Waals surface area contributed by atoms with Crippen molar-refractivity contribution in [2.45, 2.75) is 22.6 Å². The van der Waals surface area contributed by atoms with Crippen LogP contribution in [0.1, 0.15) is 23.2 Å². The maximum atomic E-state index is 12.4. The predicted molar refractivity (Wildman–Crippen MR) is 76.4 cm³/mol. The topological polar surface area (TPSA) is 54.5 Å². The Morgan fingerprint density at radius 2 is 1.95 bits per heavy atom. The van der Waals surface area contributed by atoms with E-state index in [1.807, 2.05) is 6.26 Å². The van der Waals surface area contributed by atoms with E-state index in [0.717, 1.165) is 30.8 Å². The Morgan fingerprint density at radius 3 is 2.47 bits per heavy atom. The third-order valence-corrected chi connectivity index (χ3v) is 5.22. The molecule has 0 bridgehead atoms. The Morgan fingerprint density at radius 1 is 1.32 bits per heavy atom. The van der Waals surface area contributed by atoms with E-state index < -0.39 is 9.05 Å². The molecule has 19 heavy (non-hydrogen) atoms. The van der Waals surface area contributed by atoms with Crippen LogP contribution in [0.5, 0.6) is 0 Å². The van der Waals surface area contributed by atoms with E-state index in [2.05, 4.69) is 0 Å². The number of benzene rings is 1. The smallest absolute Gasteiger partial charge is 0.261 e. The molecule has 0 atom stereocenters. The van der Waals surface area contributed by atoms with Crippen LogP contribution in [-0.2, 0) is 9.05 Å². The van der Waals surface area contributed by atoms with Gasteiger partial charge < -0.3 is 4.90 Å². The van der Waals surface area contributed by atoms with Crippen LogP contribution in [0.3, 0.4) is 0 Å². The molecule has 2 rings (SSSR count). The zero-order chi connectivity index (χ0) is 14.0. The van der Waals surface area contributed by atoms with E-state index in [1.54, 1.807) is 11.0 Å². The molecule has 1 fully saturated rings. The van der Waals surface area contributed by atoms with E-state index in [0.29, 0.717) is 5.56 Å². The van der Waals surface area contributed by atoms with Gasteiger partial charge in [-0.25, -0.2) is 8.42 Å². The molecule has 0 aromatic heterocycles. The first-order chi connectivity index (χ1) is 8.93. The minimum Gasteiger partial charge on any atom is -0.339 e. The molecule has 1 heterocycles. The van der Waals surface area contributed by atoms with Crippen LogP contribution in [-0.4, -0.2) is 38.6 Å². The number of hydrogen-bond donors (Lipinski definition) is 0. The minimum absolute atomic E-state index is 0.0329. The number of rotatable bonds is 3. The highest BCUT2D eigenvalue weighted by atomic mass is 35.7. The van der Waals surface area contributed by atoms with Crippen LogP contribution >= 0.6 is 22.4 Å². The Labute approximate surface area is 121 Å². The summed E-state index contributed by atoms with van der Waals surface area (Å²) in [6, 6.07) is 4.42. The van der Waals surface area contributed by atoms with Crippen LogP contribution in [0.15, 0.2) is 28.0 Å². The van der Waals surface area contributed by atoms with Gasteiger partial charge in [0.25, 0.3) is 15.0 Å². The molecule has 0 spiro atoms. The van der Waals surface area contributed by atoms with Crippen molar-refractivity contribution in [3.8, 4) is 0 Å².